The predicted molar refractivity (Wildman–Crippen MR) is 98.5 cm³/mol. The first-order valence-corrected chi connectivity index (χ1v) is 8.39. The van der Waals surface area contributed by atoms with Crippen LogP contribution in [0.5, 0.6) is 5.88 Å². The molecule has 4 aromatic rings. The summed E-state index contributed by atoms with van der Waals surface area (Å²) >= 11 is 0. The highest BCUT2D eigenvalue weighted by Crippen LogP contribution is 2.19. The van der Waals surface area contributed by atoms with Gasteiger partial charge in [-0.2, -0.15) is 8.97 Å². The summed E-state index contributed by atoms with van der Waals surface area (Å²) in [5.41, 5.74) is 3.66. The van der Waals surface area contributed by atoms with Crippen molar-refractivity contribution in [2.24, 2.45) is 0 Å². The van der Waals surface area contributed by atoms with E-state index in [0.29, 0.717) is 17.6 Å². The molecule has 2 aromatic carbocycles. The molecule has 4 nitrogen and oxygen atoms in total. The number of aromatic hydroxyl groups is 1. The summed E-state index contributed by atoms with van der Waals surface area (Å²) in [6, 6.07) is 19.5. The molecule has 0 saturated heterocycles. The van der Waals surface area contributed by atoms with E-state index in [2.05, 4.69) is 0 Å². The lowest BCUT2D eigenvalue weighted by Crippen LogP contribution is -2.36. The maximum Gasteiger partial charge on any atom is 0.350 e. The molecule has 4 heteroatoms. The zero-order chi connectivity index (χ0) is 17.6. The number of rotatable bonds is 2. The minimum absolute atomic E-state index is 0.0164. The molecule has 25 heavy (non-hydrogen) atoms. The van der Waals surface area contributed by atoms with Crippen molar-refractivity contribution in [3.05, 3.63) is 82.1 Å². The monoisotopic (exact) mass is 331 g/mol. The first-order valence-electron chi connectivity index (χ1n) is 8.39. The fourth-order valence-electron chi connectivity index (χ4n) is 3.31. The summed E-state index contributed by atoms with van der Waals surface area (Å²) in [4.78, 5) is 13.0. The van der Waals surface area contributed by atoms with E-state index >= 15 is 0 Å². The Morgan fingerprint density at radius 1 is 1.00 bits per heavy atom. The summed E-state index contributed by atoms with van der Waals surface area (Å²) < 4.78 is 3.43. The Kier molecular flexibility index (Phi) is 3.53. The average molecular weight is 331 g/mol. The van der Waals surface area contributed by atoms with E-state index in [1.807, 2.05) is 74.5 Å². The summed E-state index contributed by atoms with van der Waals surface area (Å²) in [5, 5.41) is 11.8. The maximum atomic E-state index is 13.0. The van der Waals surface area contributed by atoms with Crippen LogP contribution in [0.4, 0.5) is 0 Å². The molecule has 0 amide bonds. The van der Waals surface area contributed by atoms with Crippen molar-refractivity contribution in [1.29, 1.82) is 0 Å². The highest BCUT2D eigenvalue weighted by Gasteiger charge is 2.25. The third kappa shape index (κ3) is 2.30. The summed E-state index contributed by atoms with van der Waals surface area (Å²) in [6.07, 6.45) is 0.461. The Morgan fingerprint density at radius 2 is 1.72 bits per heavy atom. The Morgan fingerprint density at radius 3 is 2.44 bits per heavy atom. The van der Waals surface area contributed by atoms with Gasteiger partial charge in [-0.15, -0.1) is 0 Å². The molecule has 0 bridgehead atoms. The van der Waals surface area contributed by atoms with Crippen LogP contribution in [0.2, 0.25) is 0 Å². The number of aryl methyl sites for hydroxylation is 1. The number of aromatic nitrogens is 2. The van der Waals surface area contributed by atoms with E-state index < -0.39 is 0 Å². The van der Waals surface area contributed by atoms with Gasteiger partial charge in [-0.25, -0.2) is 4.79 Å². The summed E-state index contributed by atoms with van der Waals surface area (Å²) in [5.74, 6) is 0.0164. The van der Waals surface area contributed by atoms with Crippen LogP contribution in [-0.4, -0.2) is 9.67 Å². The number of hydrogen-bond donors (Lipinski definition) is 1. The second kappa shape index (κ2) is 5.74. The number of hydrogen-bond acceptors (Lipinski definition) is 2. The molecular formula is C21H19N2O2+. The fourth-order valence-corrected chi connectivity index (χ4v) is 3.31. The van der Waals surface area contributed by atoms with E-state index in [1.165, 1.54) is 0 Å². The molecule has 0 saturated carbocycles. The van der Waals surface area contributed by atoms with E-state index in [4.69, 9.17) is 0 Å². The van der Waals surface area contributed by atoms with E-state index in [-0.39, 0.29) is 11.4 Å². The van der Waals surface area contributed by atoms with Gasteiger partial charge < -0.3 is 5.11 Å². The van der Waals surface area contributed by atoms with Gasteiger partial charge in [-0.05, 0) is 37.6 Å². The molecule has 124 valence electrons. The molecular weight excluding hydrogens is 312 g/mol. The third-order valence-corrected chi connectivity index (χ3v) is 4.64. The smallest absolute Gasteiger partial charge is 0.350 e. The van der Waals surface area contributed by atoms with Crippen LogP contribution in [0.3, 0.4) is 0 Å². The Bertz CT molecular complexity index is 1160. The van der Waals surface area contributed by atoms with Crippen LogP contribution < -0.4 is 9.96 Å². The molecule has 0 unspecified atom stereocenters. The van der Waals surface area contributed by atoms with Crippen molar-refractivity contribution in [2.45, 2.75) is 20.3 Å². The molecule has 4 rings (SSSR count). The zero-order valence-corrected chi connectivity index (χ0v) is 14.2. The highest BCUT2D eigenvalue weighted by atomic mass is 16.3. The van der Waals surface area contributed by atoms with Crippen LogP contribution in [0.25, 0.3) is 22.2 Å². The van der Waals surface area contributed by atoms with Gasteiger partial charge in [0, 0.05) is 11.5 Å². The van der Waals surface area contributed by atoms with Gasteiger partial charge in [-0.3, -0.25) is 0 Å². The topological polar surface area (TPSA) is 46.3 Å². The SMILES string of the molecule is CCc1c(O)[n+]2c3ccccc3ccc2n(-c2ccc(C)cc2)c1=O. The van der Waals surface area contributed by atoms with Gasteiger partial charge in [0.25, 0.3) is 11.5 Å². The number of benzene rings is 2. The lowest BCUT2D eigenvalue weighted by molar-refractivity contribution is -0.498. The largest absolute Gasteiger partial charge is 0.477 e. The Hall–Kier alpha value is -3.14. The van der Waals surface area contributed by atoms with Gasteiger partial charge >= 0.3 is 5.56 Å². The molecule has 2 aromatic heterocycles. The third-order valence-electron chi connectivity index (χ3n) is 4.64. The molecule has 0 fully saturated rings. The van der Waals surface area contributed by atoms with Gasteiger partial charge in [0.2, 0.25) is 0 Å². The van der Waals surface area contributed by atoms with Crippen molar-refractivity contribution in [1.82, 2.24) is 4.57 Å². The first-order chi connectivity index (χ1) is 12.1. The molecule has 0 spiro atoms. The number of para-hydroxylation sites is 1. The number of fused-ring (bicyclic) bond motifs is 3. The van der Waals surface area contributed by atoms with Crippen molar-refractivity contribution >= 4 is 16.6 Å². The number of nitrogens with zero attached hydrogens (tertiary/aromatic N) is 2. The predicted octanol–water partition coefficient (Wildman–Crippen LogP) is 3.31. The standard InChI is InChI=1S/C21H18N2O2/c1-3-17-20(24)22(16-11-8-14(2)9-12-16)19-13-10-15-6-4-5-7-18(15)23(19)21(17)25/h4-13H,3H2,1-2H3/p+1. The normalized spacial score (nSPS) is 11.3. The van der Waals surface area contributed by atoms with Gasteiger partial charge in [-0.1, -0.05) is 42.8 Å². The van der Waals surface area contributed by atoms with Crippen molar-refractivity contribution in [3.63, 3.8) is 0 Å². The molecule has 1 N–H and O–H groups in total. The zero-order valence-electron chi connectivity index (χ0n) is 14.2. The van der Waals surface area contributed by atoms with Gasteiger partial charge in [0.1, 0.15) is 16.8 Å². The van der Waals surface area contributed by atoms with Gasteiger partial charge in [0.05, 0.1) is 0 Å². The van der Waals surface area contributed by atoms with Crippen LogP contribution in [0.15, 0.2) is 65.5 Å². The molecule has 0 aliphatic rings. The van der Waals surface area contributed by atoms with Crippen LogP contribution in [0.1, 0.15) is 18.1 Å². The first kappa shape index (κ1) is 15.4. The quantitative estimate of drug-likeness (QED) is 0.452. The van der Waals surface area contributed by atoms with E-state index in [1.54, 1.807) is 8.97 Å². The van der Waals surface area contributed by atoms with Crippen LogP contribution in [-0.2, 0) is 6.42 Å². The summed E-state index contributed by atoms with van der Waals surface area (Å²) in [6.45, 7) is 3.90. The molecule has 0 aliphatic heterocycles. The lowest BCUT2D eigenvalue weighted by atomic mass is 10.1. The van der Waals surface area contributed by atoms with Crippen molar-refractivity contribution in [3.8, 4) is 11.6 Å². The second-order valence-corrected chi connectivity index (χ2v) is 6.22. The maximum absolute atomic E-state index is 13.0. The molecule has 0 radical (unpaired) electrons. The average Bonchev–Trinajstić information content (AvgIpc) is 2.63. The Balaban J connectivity index is 2.24. The van der Waals surface area contributed by atoms with Gasteiger partial charge in [0.15, 0.2) is 0 Å². The Labute approximate surface area is 145 Å². The molecule has 2 heterocycles. The van der Waals surface area contributed by atoms with E-state index in [9.17, 15) is 9.90 Å². The summed E-state index contributed by atoms with van der Waals surface area (Å²) in [7, 11) is 0. The minimum atomic E-state index is -0.181. The highest BCUT2D eigenvalue weighted by molar-refractivity contribution is 5.77. The fraction of sp³-hybridized carbons (Fsp3) is 0.143. The second-order valence-electron chi connectivity index (χ2n) is 6.22. The number of pyridine rings is 1. The minimum Gasteiger partial charge on any atom is -0.477 e. The molecule has 0 atom stereocenters. The van der Waals surface area contributed by atoms with Crippen LogP contribution >= 0.6 is 0 Å². The van der Waals surface area contributed by atoms with Crippen LogP contribution in [0, 0.1) is 6.92 Å². The lowest BCUT2D eigenvalue weighted by Gasteiger charge is -2.09. The van der Waals surface area contributed by atoms with Crippen molar-refractivity contribution in [2.75, 3.05) is 0 Å². The van der Waals surface area contributed by atoms with E-state index in [0.717, 1.165) is 22.2 Å². The molecule has 0 aliphatic carbocycles. The van der Waals surface area contributed by atoms with Crippen molar-refractivity contribution < 1.29 is 9.51 Å².